The van der Waals surface area contributed by atoms with E-state index in [1.54, 1.807) is 30.3 Å². The molecule has 21 heavy (non-hydrogen) atoms. The Hall–Kier alpha value is -2.32. The Kier molecular flexibility index (Phi) is 4.61. The van der Waals surface area contributed by atoms with Crippen LogP contribution in [0.2, 0.25) is 0 Å². The first-order valence-electron chi connectivity index (χ1n) is 6.34. The van der Waals surface area contributed by atoms with Gasteiger partial charge in [-0.3, -0.25) is 4.79 Å². The van der Waals surface area contributed by atoms with Crippen molar-refractivity contribution >= 4 is 27.5 Å². The van der Waals surface area contributed by atoms with E-state index in [1.165, 1.54) is 0 Å². The fourth-order valence-corrected chi connectivity index (χ4v) is 2.44. The van der Waals surface area contributed by atoms with E-state index in [9.17, 15) is 4.79 Å². The van der Waals surface area contributed by atoms with Gasteiger partial charge in [0.05, 0.1) is 11.6 Å². The topological polar surface area (TPSA) is 78.9 Å². The highest BCUT2D eigenvalue weighted by atomic mass is 79.9. The normalized spacial score (nSPS) is 9.95. The van der Waals surface area contributed by atoms with E-state index in [4.69, 9.17) is 11.0 Å². The van der Waals surface area contributed by atoms with Crippen molar-refractivity contribution in [3.05, 3.63) is 63.1 Å². The number of benzene rings is 2. The largest absolute Gasteiger partial charge is 0.398 e. The average Bonchev–Trinajstić information content (AvgIpc) is 2.48. The van der Waals surface area contributed by atoms with Crippen molar-refractivity contribution in [2.75, 3.05) is 5.73 Å². The summed E-state index contributed by atoms with van der Waals surface area (Å²) >= 11 is 3.33. The van der Waals surface area contributed by atoms with Crippen LogP contribution >= 0.6 is 15.9 Å². The molecule has 0 radical (unpaired) electrons. The van der Waals surface area contributed by atoms with Gasteiger partial charge in [-0.2, -0.15) is 5.26 Å². The van der Waals surface area contributed by atoms with Gasteiger partial charge in [0.15, 0.2) is 0 Å². The lowest BCUT2D eigenvalue weighted by Gasteiger charge is -2.10. The molecule has 0 atom stereocenters. The van der Waals surface area contributed by atoms with Gasteiger partial charge in [-0.15, -0.1) is 0 Å². The molecule has 0 saturated carbocycles. The standard InChI is InChI=1S/C16H14BrN3O/c1-10-14(6-13(17)7-15(10)19)16(21)20-9-12-4-2-3-11(5-12)8-18/h2-7H,9,19H2,1H3,(H,20,21). The Morgan fingerprint density at radius 1 is 1.38 bits per heavy atom. The summed E-state index contributed by atoms with van der Waals surface area (Å²) in [6, 6.07) is 12.7. The Morgan fingerprint density at radius 2 is 2.14 bits per heavy atom. The van der Waals surface area contributed by atoms with Gasteiger partial charge in [-0.25, -0.2) is 0 Å². The summed E-state index contributed by atoms with van der Waals surface area (Å²) in [4.78, 5) is 12.2. The fraction of sp³-hybridized carbons (Fsp3) is 0.125. The third-order valence-corrected chi connectivity index (χ3v) is 3.62. The lowest BCUT2D eigenvalue weighted by Crippen LogP contribution is -2.24. The number of hydrogen-bond donors (Lipinski definition) is 2. The van der Waals surface area contributed by atoms with Crippen molar-refractivity contribution in [2.45, 2.75) is 13.5 Å². The zero-order valence-corrected chi connectivity index (χ0v) is 13.1. The van der Waals surface area contributed by atoms with Crippen LogP contribution in [0.4, 0.5) is 5.69 Å². The van der Waals surface area contributed by atoms with Gasteiger partial charge in [-0.1, -0.05) is 28.1 Å². The maximum absolute atomic E-state index is 12.2. The Labute approximate surface area is 131 Å². The summed E-state index contributed by atoms with van der Waals surface area (Å²) in [6.07, 6.45) is 0. The van der Waals surface area contributed by atoms with Crippen LogP contribution < -0.4 is 11.1 Å². The van der Waals surface area contributed by atoms with Crippen LogP contribution in [0.5, 0.6) is 0 Å². The minimum absolute atomic E-state index is 0.192. The molecule has 0 aromatic heterocycles. The van der Waals surface area contributed by atoms with Gasteiger partial charge >= 0.3 is 0 Å². The molecule has 0 aliphatic carbocycles. The van der Waals surface area contributed by atoms with Crippen LogP contribution in [0.1, 0.15) is 27.0 Å². The second kappa shape index (κ2) is 6.42. The first-order chi connectivity index (χ1) is 10.0. The van der Waals surface area contributed by atoms with Gasteiger partial charge in [-0.05, 0) is 42.3 Å². The number of nitrogens with one attached hydrogen (secondary N) is 1. The van der Waals surface area contributed by atoms with Crippen molar-refractivity contribution in [1.82, 2.24) is 5.32 Å². The Morgan fingerprint density at radius 3 is 2.86 bits per heavy atom. The molecular weight excluding hydrogens is 330 g/mol. The number of nitrogen functional groups attached to an aromatic ring is 1. The monoisotopic (exact) mass is 343 g/mol. The minimum atomic E-state index is -0.192. The van der Waals surface area contributed by atoms with Gasteiger partial charge in [0.25, 0.3) is 5.91 Å². The first-order valence-corrected chi connectivity index (χ1v) is 7.13. The summed E-state index contributed by atoms with van der Waals surface area (Å²) in [5.41, 5.74) is 9.17. The lowest BCUT2D eigenvalue weighted by atomic mass is 10.1. The zero-order chi connectivity index (χ0) is 15.4. The molecule has 2 rings (SSSR count). The van der Waals surface area contributed by atoms with Crippen molar-refractivity contribution in [1.29, 1.82) is 5.26 Å². The molecule has 0 aliphatic rings. The molecule has 4 nitrogen and oxygen atoms in total. The second-order valence-electron chi connectivity index (χ2n) is 4.66. The van der Waals surface area contributed by atoms with Crippen LogP contribution in [-0.2, 0) is 6.54 Å². The van der Waals surface area contributed by atoms with Crippen LogP contribution in [0.25, 0.3) is 0 Å². The molecule has 0 aliphatic heterocycles. The third kappa shape index (κ3) is 3.61. The summed E-state index contributed by atoms with van der Waals surface area (Å²) in [5, 5.41) is 11.7. The minimum Gasteiger partial charge on any atom is -0.398 e. The van der Waals surface area contributed by atoms with Gasteiger partial charge in [0, 0.05) is 22.3 Å². The number of amides is 1. The molecule has 0 heterocycles. The van der Waals surface area contributed by atoms with E-state index in [-0.39, 0.29) is 5.91 Å². The molecule has 106 valence electrons. The van der Waals surface area contributed by atoms with Crippen molar-refractivity contribution in [2.24, 2.45) is 0 Å². The predicted molar refractivity (Wildman–Crippen MR) is 85.6 cm³/mol. The SMILES string of the molecule is Cc1c(N)cc(Br)cc1C(=O)NCc1cccc(C#N)c1. The third-order valence-electron chi connectivity index (χ3n) is 3.17. The van der Waals surface area contributed by atoms with E-state index >= 15 is 0 Å². The van der Waals surface area contributed by atoms with Gasteiger partial charge in [0.2, 0.25) is 0 Å². The molecule has 0 fully saturated rings. The molecule has 1 amide bonds. The number of hydrogen-bond acceptors (Lipinski definition) is 3. The highest BCUT2D eigenvalue weighted by Gasteiger charge is 2.12. The van der Waals surface area contributed by atoms with Gasteiger partial charge in [0.1, 0.15) is 0 Å². The lowest BCUT2D eigenvalue weighted by molar-refractivity contribution is 0.0950. The number of rotatable bonds is 3. The smallest absolute Gasteiger partial charge is 0.251 e. The second-order valence-corrected chi connectivity index (χ2v) is 5.58. The fourth-order valence-electron chi connectivity index (χ4n) is 1.96. The number of halogens is 1. The molecule has 3 N–H and O–H groups in total. The van der Waals surface area contributed by atoms with E-state index in [2.05, 4.69) is 27.3 Å². The average molecular weight is 344 g/mol. The van der Waals surface area contributed by atoms with E-state index in [1.807, 2.05) is 13.0 Å². The van der Waals surface area contributed by atoms with Crippen LogP contribution in [0, 0.1) is 18.3 Å². The molecule has 2 aromatic carbocycles. The van der Waals surface area contributed by atoms with E-state index < -0.39 is 0 Å². The molecule has 0 saturated heterocycles. The number of carbonyl (C=O) groups is 1. The summed E-state index contributed by atoms with van der Waals surface area (Å²) in [5.74, 6) is -0.192. The quantitative estimate of drug-likeness (QED) is 0.840. The molecule has 0 unspecified atom stereocenters. The zero-order valence-electron chi connectivity index (χ0n) is 11.5. The van der Waals surface area contributed by atoms with E-state index in [0.717, 1.165) is 15.6 Å². The molecule has 5 heteroatoms. The van der Waals surface area contributed by atoms with Crippen LogP contribution in [0.3, 0.4) is 0 Å². The maximum Gasteiger partial charge on any atom is 0.251 e. The van der Waals surface area contributed by atoms with Crippen LogP contribution in [0.15, 0.2) is 40.9 Å². The van der Waals surface area contributed by atoms with Crippen LogP contribution in [-0.4, -0.2) is 5.91 Å². The van der Waals surface area contributed by atoms with Gasteiger partial charge < -0.3 is 11.1 Å². The molecule has 0 spiro atoms. The first kappa shape index (κ1) is 15.1. The summed E-state index contributed by atoms with van der Waals surface area (Å²) in [6.45, 7) is 2.17. The maximum atomic E-state index is 12.2. The number of anilines is 1. The molecule has 2 aromatic rings. The Balaban J connectivity index is 2.14. The number of carbonyl (C=O) groups excluding carboxylic acids is 1. The molecular formula is C16H14BrN3O. The number of nitrogens with zero attached hydrogens (tertiary/aromatic N) is 1. The van der Waals surface area contributed by atoms with Crippen molar-refractivity contribution in [3.8, 4) is 6.07 Å². The number of nitrogens with two attached hydrogens (primary N) is 1. The van der Waals surface area contributed by atoms with Crippen molar-refractivity contribution < 1.29 is 4.79 Å². The Bertz CT molecular complexity index is 735. The highest BCUT2D eigenvalue weighted by molar-refractivity contribution is 9.10. The predicted octanol–water partition coefficient (Wildman–Crippen LogP) is 3.14. The molecule has 0 bridgehead atoms. The number of nitriles is 1. The highest BCUT2D eigenvalue weighted by Crippen LogP contribution is 2.22. The van der Waals surface area contributed by atoms with Crippen molar-refractivity contribution in [3.63, 3.8) is 0 Å². The summed E-state index contributed by atoms with van der Waals surface area (Å²) in [7, 11) is 0. The summed E-state index contributed by atoms with van der Waals surface area (Å²) < 4.78 is 0.766. The van der Waals surface area contributed by atoms with E-state index in [0.29, 0.717) is 23.4 Å².